The number of amides is 1. The SMILES string of the molecule is O=C(CCc1ncc(-c2ccc(Br)cc2)o1)Nc1ccc(Oc2ccccc2)cc1. The fourth-order valence-electron chi connectivity index (χ4n) is 2.85. The smallest absolute Gasteiger partial charge is 0.224 e. The van der Waals surface area contributed by atoms with E-state index in [2.05, 4.69) is 26.2 Å². The number of carbonyl (C=O) groups excluding carboxylic acids is 1. The number of hydrogen-bond acceptors (Lipinski definition) is 4. The van der Waals surface area contributed by atoms with Gasteiger partial charge in [0.25, 0.3) is 0 Å². The summed E-state index contributed by atoms with van der Waals surface area (Å²) in [6, 6.07) is 24.6. The van der Waals surface area contributed by atoms with E-state index < -0.39 is 0 Å². The predicted octanol–water partition coefficient (Wildman–Crippen LogP) is 6.47. The highest BCUT2D eigenvalue weighted by molar-refractivity contribution is 9.10. The summed E-state index contributed by atoms with van der Waals surface area (Å²) in [7, 11) is 0. The molecule has 30 heavy (non-hydrogen) atoms. The van der Waals surface area contributed by atoms with Crippen LogP contribution in [0.3, 0.4) is 0 Å². The minimum Gasteiger partial charge on any atom is -0.457 e. The number of aryl methyl sites for hydroxylation is 1. The largest absolute Gasteiger partial charge is 0.457 e. The summed E-state index contributed by atoms with van der Waals surface area (Å²) in [5, 5.41) is 2.88. The Morgan fingerprint density at radius 2 is 1.63 bits per heavy atom. The lowest BCUT2D eigenvalue weighted by atomic mass is 10.2. The Morgan fingerprint density at radius 1 is 0.933 bits per heavy atom. The molecule has 0 aliphatic heterocycles. The van der Waals surface area contributed by atoms with E-state index in [1.54, 1.807) is 6.20 Å². The summed E-state index contributed by atoms with van der Waals surface area (Å²) in [4.78, 5) is 16.5. The lowest BCUT2D eigenvalue weighted by Crippen LogP contribution is -2.12. The molecule has 0 unspecified atom stereocenters. The molecule has 0 fully saturated rings. The zero-order chi connectivity index (χ0) is 20.8. The molecule has 150 valence electrons. The number of nitrogens with zero attached hydrogens (tertiary/aromatic N) is 1. The first kappa shape index (κ1) is 19.9. The van der Waals surface area contributed by atoms with Crippen molar-refractivity contribution in [2.75, 3.05) is 5.32 Å². The van der Waals surface area contributed by atoms with Crippen LogP contribution >= 0.6 is 15.9 Å². The van der Waals surface area contributed by atoms with E-state index in [0.717, 1.165) is 15.8 Å². The van der Waals surface area contributed by atoms with Crippen LogP contribution in [0.2, 0.25) is 0 Å². The van der Waals surface area contributed by atoms with Gasteiger partial charge < -0.3 is 14.5 Å². The molecule has 0 aliphatic carbocycles. The van der Waals surface area contributed by atoms with Gasteiger partial charge in [-0.1, -0.05) is 46.3 Å². The minimum atomic E-state index is -0.102. The standard InChI is InChI=1S/C24H19BrN2O3/c25-18-8-6-17(7-9-18)22-16-26-24(30-22)15-14-23(28)27-19-10-12-21(13-11-19)29-20-4-2-1-3-5-20/h1-13,16H,14-15H2,(H,27,28). The lowest BCUT2D eigenvalue weighted by Gasteiger charge is -2.08. The van der Waals surface area contributed by atoms with Crippen LogP contribution in [0.15, 0.2) is 93.9 Å². The molecule has 0 spiro atoms. The van der Waals surface area contributed by atoms with Crippen LogP contribution in [0.5, 0.6) is 11.5 Å². The van der Waals surface area contributed by atoms with E-state index in [9.17, 15) is 4.79 Å². The molecule has 1 N–H and O–H groups in total. The molecule has 0 atom stereocenters. The van der Waals surface area contributed by atoms with E-state index in [-0.39, 0.29) is 12.3 Å². The van der Waals surface area contributed by atoms with Crippen molar-refractivity contribution in [3.63, 3.8) is 0 Å². The molecule has 0 bridgehead atoms. The summed E-state index contributed by atoms with van der Waals surface area (Å²) in [6.07, 6.45) is 2.39. The van der Waals surface area contributed by atoms with Crippen molar-refractivity contribution in [3.8, 4) is 22.8 Å². The average molecular weight is 463 g/mol. The molecule has 4 rings (SSSR count). The second-order valence-corrected chi connectivity index (χ2v) is 7.53. The lowest BCUT2D eigenvalue weighted by molar-refractivity contribution is -0.116. The molecule has 0 radical (unpaired) electrons. The van der Waals surface area contributed by atoms with Gasteiger partial charge in [-0.2, -0.15) is 0 Å². The number of hydrogen-bond donors (Lipinski definition) is 1. The van der Waals surface area contributed by atoms with Crippen molar-refractivity contribution in [1.82, 2.24) is 4.98 Å². The Bertz CT molecular complexity index is 1110. The van der Waals surface area contributed by atoms with Gasteiger partial charge in [0.2, 0.25) is 5.91 Å². The molecule has 3 aromatic carbocycles. The number of para-hydroxylation sites is 1. The highest BCUT2D eigenvalue weighted by atomic mass is 79.9. The Hall–Kier alpha value is -3.38. The van der Waals surface area contributed by atoms with Crippen LogP contribution in [0.1, 0.15) is 12.3 Å². The van der Waals surface area contributed by atoms with Gasteiger partial charge in [0.1, 0.15) is 11.5 Å². The molecule has 1 amide bonds. The van der Waals surface area contributed by atoms with Crippen molar-refractivity contribution in [2.24, 2.45) is 0 Å². The summed E-state index contributed by atoms with van der Waals surface area (Å²) >= 11 is 3.41. The summed E-state index contributed by atoms with van der Waals surface area (Å²) < 4.78 is 12.5. The van der Waals surface area contributed by atoms with Gasteiger partial charge in [0, 0.05) is 28.6 Å². The Kier molecular flexibility index (Phi) is 6.25. The second kappa shape index (κ2) is 9.41. The molecular weight excluding hydrogens is 444 g/mol. The van der Waals surface area contributed by atoms with E-state index in [4.69, 9.17) is 9.15 Å². The predicted molar refractivity (Wildman–Crippen MR) is 120 cm³/mol. The van der Waals surface area contributed by atoms with Crippen molar-refractivity contribution in [3.05, 3.63) is 95.4 Å². The number of aromatic nitrogens is 1. The highest BCUT2D eigenvalue weighted by Gasteiger charge is 2.09. The van der Waals surface area contributed by atoms with Crippen molar-refractivity contribution in [2.45, 2.75) is 12.8 Å². The van der Waals surface area contributed by atoms with Gasteiger partial charge in [-0.15, -0.1) is 0 Å². The number of anilines is 1. The number of carbonyl (C=O) groups is 1. The van der Waals surface area contributed by atoms with E-state index in [1.165, 1.54) is 0 Å². The van der Waals surface area contributed by atoms with Gasteiger partial charge in [-0.05, 0) is 48.5 Å². The molecule has 0 saturated carbocycles. The number of benzene rings is 3. The zero-order valence-electron chi connectivity index (χ0n) is 16.0. The third-order valence-corrected chi connectivity index (χ3v) is 4.89. The van der Waals surface area contributed by atoms with Crippen LogP contribution in [0.25, 0.3) is 11.3 Å². The number of nitrogens with one attached hydrogen (secondary N) is 1. The third kappa shape index (κ3) is 5.36. The van der Waals surface area contributed by atoms with Crippen molar-refractivity contribution in [1.29, 1.82) is 0 Å². The first-order valence-electron chi connectivity index (χ1n) is 9.49. The second-order valence-electron chi connectivity index (χ2n) is 6.61. The highest BCUT2D eigenvalue weighted by Crippen LogP contribution is 2.24. The molecule has 0 saturated heterocycles. The number of ether oxygens (including phenoxy) is 1. The first-order valence-corrected chi connectivity index (χ1v) is 10.3. The molecule has 0 aliphatic rings. The maximum Gasteiger partial charge on any atom is 0.224 e. The molecule has 1 heterocycles. The summed E-state index contributed by atoms with van der Waals surface area (Å²) in [6.45, 7) is 0. The normalized spacial score (nSPS) is 10.6. The zero-order valence-corrected chi connectivity index (χ0v) is 17.6. The van der Waals surface area contributed by atoms with Gasteiger partial charge in [-0.3, -0.25) is 4.79 Å². The van der Waals surface area contributed by atoms with Gasteiger partial charge >= 0.3 is 0 Å². The molecular formula is C24H19BrN2O3. The maximum atomic E-state index is 12.3. The quantitative estimate of drug-likeness (QED) is 0.341. The van der Waals surface area contributed by atoms with Crippen LogP contribution in [-0.2, 0) is 11.2 Å². The minimum absolute atomic E-state index is 0.102. The molecule has 1 aromatic heterocycles. The Balaban J connectivity index is 1.28. The Labute approximate surface area is 182 Å². The average Bonchev–Trinajstić information content (AvgIpc) is 3.24. The van der Waals surface area contributed by atoms with Crippen LogP contribution in [0, 0.1) is 0 Å². The summed E-state index contributed by atoms with van der Waals surface area (Å²) in [5.41, 5.74) is 1.66. The first-order chi connectivity index (χ1) is 14.7. The monoisotopic (exact) mass is 462 g/mol. The molecule has 4 aromatic rings. The van der Waals surface area contributed by atoms with Gasteiger partial charge in [0.15, 0.2) is 11.7 Å². The van der Waals surface area contributed by atoms with Crippen molar-refractivity contribution < 1.29 is 13.9 Å². The van der Waals surface area contributed by atoms with E-state index in [0.29, 0.717) is 29.5 Å². The van der Waals surface area contributed by atoms with E-state index >= 15 is 0 Å². The Morgan fingerprint density at radius 3 is 2.37 bits per heavy atom. The van der Waals surface area contributed by atoms with Crippen LogP contribution in [-0.4, -0.2) is 10.9 Å². The fraction of sp³-hybridized carbons (Fsp3) is 0.0833. The topological polar surface area (TPSA) is 64.4 Å². The number of halogens is 1. The third-order valence-electron chi connectivity index (χ3n) is 4.37. The molecule has 5 nitrogen and oxygen atoms in total. The molecule has 6 heteroatoms. The fourth-order valence-corrected chi connectivity index (χ4v) is 3.11. The van der Waals surface area contributed by atoms with Gasteiger partial charge in [-0.25, -0.2) is 4.98 Å². The van der Waals surface area contributed by atoms with Crippen LogP contribution < -0.4 is 10.1 Å². The van der Waals surface area contributed by atoms with Crippen molar-refractivity contribution >= 4 is 27.5 Å². The number of oxazole rings is 1. The maximum absolute atomic E-state index is 12.3. The summed E-state index contributed by atoms with van der Waals surface area (Å²) in [5.74, 6) is 2.60. The number of rotatable bonds is 7. The van der Waals surface area contributed by atoms with E-state index in [1.807, 2.05) is 78.9 Å². The van der Waals surface area contributed by atoms with Crippen LogP contribution in [0.4, 0.5) is 5.69 Å². The van der Waals surface area contributed by atoms with Gasteiger partial charge in [0.05, 0.1) is 6.20 Å².